The molecule has 112 valence electrons. The van der Waals surface area contributed by atoms with Crippen LogP contribution in [0.4, 0.5) is 8.78 Å². The van der Waals surface area contributed by atoms with Crippen LogP contribution in [0.15, 0.2) is 39.3 Å². The Hall–Kier alpha value is -0.980. The highest BCUT2D eigenvalue weighted by Crippen LogP contribution is 2.36. The van der Waals surface area contributed by atoms with Crippen molar-refractivity contribution < 1.29 is 13.5 Å². The molecule has 1 unspecified atom stereocenters. The Morgan fingerprint density at radius 2 is 1.86 bits per heavy atom. The number of hydrogen-bond donors (Lipinski definition) is 1. The number of hydrogen-bond acceptors (Lipinski definition) is 2. The second-order valence-corrected chi connectivity index (χ2v) is 6.13. The summed E-state index contributed by atoms with van der Waals surface area (Å²) in [5.74, 6) is -0.693. The topological polar surface area (TPSA) is 21.3 Å². The van der Waals surface area contributed by atoms with E-state index in [2.05, 4.69) is 37.2 Å². The van der Waals surface area contributed by atoms with Gasteiger partial charge in [-0.1, -0.05) is 22.0 Å². The van der Waals surface area contributed by atoms with Gasteiger partial charge in [-0.3, -0.25) is 0 Å². The fourth-order valence-electron chi connectivity index (χ4n) is 2.19. The molecule has 0 aliphatic heterocycles. The summed E-state index contributed by atoms with van der Waals surface area (Å²) in [6.45, 7) is 0. The smallest absolute Gasteiger partial charge is 0.145 e. The highest BCUT2D eigenvalue weighted by Gasteiger charge is 2.25. The lowest BCUT2D eigenvalue weighted by Gasteiger charge is -2.21. The van der Waals surface area contributed by atoms with E-state index in [-0.39, 0.29) is 10.0 Å². The molecule has 0 aliphatic carbocycles. The van der Waals surface area contributed by atoms with E-state index in [9.17, 15) is 8.78 Å². The molecule has 0 saturated heterocycles. The Balaban J connectivity index is 2.63. The second-order valence-electron chi connectivity index (χ2n) is 4.36. The minimum Gasteiger partial charge on any atom is -0.496 e. The van der Waals surface area contributed by atoms with Gasteiger partial charge < -0.3 is 10.1 Å². The van der Waals surface area contributed by atoms with Crippen LogP contribution in [0.3, 0.4) is 0 Å². The van der Waals surface area contributed by atoms with Crippen molar-refractivity contribution in [3.63, 3.8) is 0 Å². The average Bonchev–Trinajstić information content (AvgIpc) is 2.48. The van der Waals surface area contributed by atoms with Crippen molar-refractivity contribution in [1.82, 2.24) is 5.32 Å². The molecule has 1 atom stereocenters. The fraction of sp³-hybridized carbons (Fsp3) is 0.200. The van der Waals surface area contributed by atoms with Gasteiger partial charge in [0.2, 0.25) is 0 Å². The summed E-state index contributed by atoms with van der Waals surface area (Å²) in [5.41, 5.74) is 0.603. The molecule has 2 nitrogen and oxygen atoms in total. The van der Waals surface area contributed by atoms with Crippen LogP contribution in [-0.2, 0) is 0 Å². The van der Waals surface area contributed by atoms with Gasteiger partial charge in [-0.25, -0.2) is 8.78 Å². The zero-order chi connectivity index (χ0) is 15.6. The maximum absolute atomic E-state index is 14.3. The van der Waals surface area contributed by atoms with Gasteiger partial charge in [-0.2, -0.15) is 0 Å². The third kappa shape index (κ3) is 3.27. The second kappa shape index (κ2) is 6.85. The van der Waals surface area contributed by atoms with Crippen molar-refractivity contribution >= 4 is 31.9 Å². The Morgan fingerprint density at radius 3 is 2.48 bits per heavy atom. The van der Waals surface area contributed by atoms with Gasteiger partial charge >= 0.3 is 0 Å². The number of halogens is 4. The molecular weight excluding hydrogens is 408 g/mol. The highest BCUT2D eigenvalue weighted by atomic mass is 79.9. The Kier molecular flexibility index (Phi) is 5.35. The SMILES string of the molecule is CNC(c1ccc(Br)cc1OC)c1c(F)ccc(Br)c1F. The molecular formula is C15H13Br2F2NO. The molecule has 1 N–H and O–H groups in total. The van der Waals surface area contributed by atoms with Gasteiger partial charge in [0.1, 0.15) is 17.4 Å². The molecule has 2 aromatic carbocycles. The summed E-state index contributed by atoms with van der Waals surface area (Å²) in [5, 5.41) is 2.94. The number of rotatable bonds is 4. The lowest BCUT2D eigenvalue weighted by Crippen LogP contribution is -2.21. The lowest BCUT2D eigenvalue weighted by molar-refractivity contribution is 0.403. The first-order valence-corrected chi connectivity index (χ1v) is 7.72. The van der Waals surface area contributed by atoms with E-state index in [1.54, 1.807) is 25.2 Å². The van der Waals surface area contributed by atoms with E-state index in [4.69, 9.17) is 4.74 Å². The molecule has 6 heteroatoms. The summed E-state index contributed by atoms with van der Waals surface area (Å²) in [6.07, 6.45) is 0. The zero-order valence-corrected chi connectivity index (χ0v) is 14.6. The third-order valence-electron chi connectivity index (χ3n) is 3.16. The van der Waals surface area contributed by atoms with E-state index in [0.29, 0.717) is 11.3 Å². The number of ether oxygens (including phenoxy) is 1. The van der Waals surface area contributed by atoms with E-state index in [0.717, 1.165) is 4.47 Å². The van der Waals surface area contributed by atoms with Crippen molar-refractivity contribution in [1.29, 1.82) is 0 Å². The minimum absolute atomic E-state index is 0.0486. The lowest BCUT2D eigenvalue weighted by atomic mass is 9.97. The quantitative estimate of drug-likeness (QED) is 0.717. The minimum atomic E-state index is -0.662. The van der Waals surface area contributed by atoms with Gasteiger partial charge in [0.05, 0.1) is 17.6 Å². The molecule has 21 heavy (non-hydrogen) atoms. The summed E-state index contributed by atoms with van der Waals surface area (Å²) in [6, 6.07) is 7.25. The molecule has 2 rings (SSSR count). The molecule has 0 amide bonds. The van der Waals surface area contributed by atoms with Crippen LogP contribution in [-0.4, -0.2) is 14.2 Å². The standard InChI is InChI=1S/C15H13Br2F2NO/c1-20-15(9-4-3-8(16)7-12(9)21-2)13-11(18)6-5-10(17)14(13)19/h3-7,15,20H,1-2H3. The first-order valence-electron chi connectivity index (χ1n) is 6.13. The maximum Gasteiger partial charge on any atom is 0.145 e. The Labute approximate surface area is 138 Å². The molecule has 0 heterocycles. The molecule has 0 bridgehead atoms. The van der Waals surface area contributed by atoms with E-state index >= 15 is 0 Å². The van der Waals surface area contributed by atoms with E-state index in [1.807, 2.05) is 0 Å². The van der Waals surface area contributed by atoms with Gasteiger partial charge in [-0.05, 0) is 47.2 Å². The molecule has 0 saturated carbocycles. The van der Waals surface area contributed by atoms with Crippen LogP contribution in [0.25, 0.3) is 0 Å². The van der Waals surface area contributed by atoms with Crippen molar-refractivity contribution in [2.45, 2.75) is 6.04 Å². The van der Waals surface area contributed by atoms with Crippen LogP contribution in [0.5, 0.6) is 5.75 Å². The molecule has 0 fully saturated rings. The van der Waals surface area contributed by atoms with E-state index < -0.39 is 17.7 Å². The van der Waals surface area contributed by atoms with Gasteiger partial charge in [-0.15, -0.1) is 0 Å². The van der Waals surface area contributed by atoms with Gasteiger partial charge in [0.15, 0.2) is 0 Å². The Bertz CT molecular complexity index is 664. The van der Waals surface area contributed by atoms with Crippen LogP contribution >= 0.6 is 31.9 Å². The molecule has 0 spiro atoms. The van der Waals surface area contributed by atoms with Gasteiger partial charge in [0, 0.05) is 15.6 Å². The van der Waals surface area contributed by atoms with Crippen molar-refractivity contribution in [3.8, 4) is 5.75 Å². The highest BCUT2D eigenvalue weighted by molar-refractivity contribution is 9.10. The maximum atomic E-state index is 14.3. The summed E-state index contributed by atoms with van der Waals surface area (Å²) in [7, 11) is 3.16. The third-order valence-corrected chi connectivity index (χ3v) is 4.27. The molecule has 2 aromatic rings. The normalized spacial score (nSPS) is 12.3. The van der Waals surface area contributed by atoms with Gasteiger partial charge in [0.25, 0.3) is 0 Å². The molecule has 0 aliphatic rings. The van der Waals surface area contributed by atoms with Crippen molar-refractivity contribution in [3.05, 3.63) is 62.0 Å². The van der Waals surface area contributed by atoms with Crippen LogP contribution in [0.1, 0.15) is 17.2 Å². The van der Waals surface area contributed by atoms with Crippen LogP contribution in [0.2, 0.25) is 0 Å². The largest absolute Gasteiger partial charge is 0.496 e. The predicted molar refractivity (Wildman–Crippen MR) is 85.7 cm³/mol. The predicted octanol–water partition coefficient (Wildman–Crippen LogP) is 4.81. The summed E-state index contributed by atoms with van der Waals surface area (Å²) >= 11 is 6.44. The first-order chi connectivity index (χ1) is 9.99. The molecule has 0 radical (unpaired) electrons. The number of benzene rings is 2. The Morgan fingerprint density at radius 1 is 1.14 bits per heavy atom. The summed E-state index contributed by atoms with van der Waals surface area (Å²) in [4.78, 5) is 0. The van der Waals surface area contributed by atoms with Crippen molar-refractivity contribution in [2.75, 3.05) is 14.2 Å². The zero-order valence-electron chi connectivity index (χ0n) is 11.4. The molecule has 0 aromatic heterocycles. The van der Waals surface area contributed by atoms with Crippen LogP contribution in [0, 0.1) is 11.6 Å². The number of nitrogens with one attached hydrogen (secondary N) is 1. The summed E-state index contributed by atoms with van der Waals surface area (Å²) < 4.78 is 34.8. The first kappa shape index (κ1) is 16.4. The van der Waals surface area contributed by atoms with E-state index in [1.165, 1.54) is 19.2 Å². The monoisotopic (exact) mass is 419 g/mol. The van der Waals surface area contributed by atoms with Crippen molar-refractivity contribution in [2.24, 2.45) is 0 Å². The fourth-order valence-corrected chi connectivity index (χ4v) is 2.87. The number of methoxy groups -OCH3 is 1. The van der Waals surface area contributed by atoms with Crippen LogP contribution < -0.4 is 10.1 Å². The average molecular weight is 421 g/mol.